The normalized spacial score (nSPS) is 17.8. The van der Waals surface area contributed by atoms with Gasteiger partial charge in [0.25, 0.3) is 11.7 Å². The number of aliphatic hydroxyl groups is 2. The standard InChI is InChI=1S/C24H27NO6/c1-3-15-31-19-11-7-17(8-12-19)22(27)20-21(16-5-9-18(30-2)10-6-16)25(13-4-14-26)24(29)23(20)28/h5-12,21,26-27H,3-4,13-15H2,1-2H3/t21-/m1/s1. The molecule has 1 aliphatic heterocycles. The lowest BCUT2D eigenvalue weighted by Gasteiger charge is -2.25. The molecule has 1 heterocycles. The predicted octanol–water partition coefficient (Wildman–Crippen LogP) is 3.29. The SMILES string of the molecule is CCCOc1ccc(C(O)=C2C(=O)C(=O)N(CCCO)[C@@H]2c2ccc(OC)cc2)cc1. The van der Waals surface area contributed by atoms with Gasteiger partial charge in [-0.15, -0.1) is 0 Å². The van der Waals surface area contributed by atoms with Gasteiger partial charge in [-0.1, -0.05) is 19.1 Å². The van der Waals surface area contributed by atoms with Crippen LogP contribution >= 0.6 is 0 Å². The van der Waals surface area contributed by atoms with Gasteiger partial charge in [0, 0.05) is 18.7 Å². The van der Waals surface area contributed by atoms with Crippen molar-refractivity contribution in [3.63, 3.8) is 0 Å². The molecule has 0 unspecified atom stereocenters. The van der Waals surface area contributed by atoms with Crippen molar-refractivity contribution in [2.45, 2.75) is 25.8 Å². The topological polar surface area (TPSA) is 96.3 Å². The molecule has 0 saturated carbocycles. The van der Waals surface area contributed by atoms with Crippen molar-refractivity contribution >= 4 is 17.4 Å². The molecule has 0 radical (unpaired) electrons. The molecule has 0 aliphatic carbocycles. The van der Waals surface area contributed by atoms with E-state index in [2.05, 4.69) is 0 Å². The molecule has 1 amide bonds. The van der Waals surface area contributed by atoms with Crippen molar-refractivity contribution in [2.24, 2.45) is 0 Å². The minimum Gasteiger partial charge on any atom is -0.507 e. The van der Waals surface area contributed by atoms with E-state index in [1.165, 1.54) is 4.90 Å². The number of likely N-dealkylation sites (tertiary alicyclic amines) is 1. The van der Waals surface area contributed by atoms with Gasteiger partial charge in [-0.3, -0.25) is 9.59 Å². The van der Waals surface area contributed by atoms with Crippen molar-refractivity contribution < 1.29 is 29.3 Å². The Morgan fingerprint density at radius 3 is 2.26 bits per heavy atom. The summed E-state index contributed by atoms with van der Waals surface area (Å²) in [7, 11) is 1.55. The third kappa shape index (κ3) is 4.72. The molecule has 164 valence electrons. The zero-order chi connectivity index (χ0) is 22.4. The minimum absolute atomic E-state index is 0.0235. The lowest BCUT2D eigenvalue weighted by Crippen LogP contribution is -2.31. The number of hydrogen-bond donors (Lipinski definition) is 2. The van der Waals surface area contributed by atoms with E-state index in [0.717, 1.165) is 6.42 Å². The number of aliphatic hydroxyl groups excluding tert-OH is 2. The molecular weight excluding hydrogens is 398 g/mol. The lowest BCUT2D eigenvalue weighted by molar-refractivity contribution is -0.140. The van der Waals surface area contributed by atoms with Crippen LogP contribution in [0.4, 0.5) is 0 Å². The molecule has 2 N–H and O–H groups in total. The third-order valence-corrected chi connectivity index (χ3v) is 5.13. The molecular formula is C24H27NO6. The number of benzene rings is 2. The maximum absolute atomic E-state index is 12.9. The molecule has 1 fully saturated rings. The van der Waals surface area contributed by atoms with E-state index < -0.39 is 17.7 Å². The van der Waals surface area contributed by atoms with E-state index in [9.17, 15) is 19.8 Å². The van der Waals surface area contributed by atoms with Crippen LogP contribution in [0.15, 0.2) is 54.1 Å². The molecule has 0 aromatic heterocycles. The summed E-state index contributed by atoms with van der Waals surface area (Å²) in [6, 6.07) is 13.0. The number of methoxy groups -OCH3 is 1. The van der Waals surface area contributed by atoms with E-state index >= 15 is 0 Å². The number of ketones is 1. The molecule has 0 spiro atoms. The summed E-state index contributed by atoms with van der Waals surface area (Å²) >= 11 is 0. The number of rotatable bonds is 9. The fraction of sp³-hybridized carbons (Fsp3) is 0.333. The van der Waals surface area contributed by atoms with E-state index in [1.807, 2.05) is 6.92 Å². The van der Waals surface area contributed by atoms with Crippen molar-refractivity contribution in [1.82, 2.24) is 4.90 Å². The van der Waals surface area contributed by atoms with Crippen LogP contribution < -0.4 is 9.47 Å². The van der Waals surface area contributed by atoms with E-state index in [0.29, 0.717) is 35.7 Å². The second-order valence-electron chi connectivity index (χ2n) is 7.22. The van der Waals surface area contributed by atoms with Gasteiger partial charge in [-0.25, -0.2) is 0 Å². The van der Waals surface area contributed by atoms with Gasteiger partial charge < -0.3 is 24.6 Å². The van der Waals surface area contributed by atoms with E-state index in [4.69, 9.17) is 9.47 Å². The Bertz CT molecular complexity index is 949. The van der Waals surface area contributed by atoms with Gasteiger partial charge in [0.05, 0.1) is 25.3 Å². The molecule has 31 heavy (non-hydrogen) atoms. The minimum atomic E-state index is -0.756. The van der Waals surface area contributed by atoms with Crippen LogP contribution in [-0.4, -0.2) is 53.7 Å². The second kappa shape index (κ2) is 10.1. The molecule has 3 rings (SSSR count). The van der Waals surface area contributed by atoms with Crippen molar-refractivity contribution in [3.05, 3.63) is 65.2 Å². The van der Waals surface area contributed by atoms with Crippen LogP contribution in [0.25, 0.3) is 5.76 Å². The van der Waals surface area contributed by atoms with Crippen LogP contribution in [0, 0.1) is 0 Å². The summed E-state index contributed by atoms with van der Waals surface area (Å²) in [6.45, 7) is 2.67. The first-order valence-electron chi connectivity index (χ1n) is 10.3. The molecule has 1 atom stereocenters. The van der Waals surface area contributed by atoms with Crippen LogP contribution in [0.1, 0.15) is 36.9 Å². The maximum atomic E-state index is 12.9. The van der Waals surface area contributed by atoms with E-state index in [-0.39, 0.29) is 24.5 Å². The molecule has 0 bridgehead atoms. The molecule has 1 aliphatic rings. The molecule has 2 aromatic carbocycles. The summed E-state index contributed by atoms with van der Waals surface area (Å²) in [6.07, 6.45) is 1.20. The van der Waals surface area contributed by atoms with Gasteiger partial charge in [0.2, 0.25) is 0 Å². The Kier molecular flexibility index (Phi) is 7.31. The first kappa shape index (κ1) is 22.4. The Labute approximate surface area is 181 Å². The zero-order valence-corrected chi connectivity index (χ0v) is 17.7. The fourth-order valence-electron chi connectivity index (χ4n) is 3.57. The number of carbonyl (C=O) groups excluding carboxylic acids is 2. The third-order valence-electron chi connectivity index (χ3n) is 5.13. The zero-order valence-electron chi connectivity index (χ0n) is 17.7. The first-order valence-corrected chi connectivity index (χ1v) is 10.3. The van der Waals surface area contributed by atoms with Crippen LogP contribution in [0.3, 0.4) is 0 Å². The number of Topliss-reactive ketones (excluding diaryl/α,β-unsaturated/α-hetero) is 1. The molecule has 1 saturated heterocycles. The maximum Gasteiger partial charge on any atom is 0.295 e. The Morgan fingerprint density at radius 1 is 1.03 bits per heavy atom. The predicted molar refractivity (Wildman–Crippen MR) is 116 cm³/mol. The fourth-order valence-corrected chi connectivity index (χ4v) is 3.57. The Hall–Kier alpha value is -3.32. The van der Waals surface area contributed by atoms with Gasteiger partial charge in [-0.05, 0) is 54.8 Å². The number of amides is 1. The average molecular weight is 425 g/mol. The summed E-state index contributed by atoms with van der Waals surface area (Å²) in [5, 5.41) is 20.2. The molecule has 7 nitrogen and oxygen atoms in total. The first-order chi connectivity index (χ1) is 15.0. The highest BCUT2D eigenvalue weighted by atomic mass is 16.5. The number of ether oxygens (including phenoxy) is 2. The highest BCUT2D eigenvalue weighted by molar-refractivity contribution is 6.46. The summed E-state index contributed by atoms with van der Waals surface area (Å²) in [5.41, 5.74) is 1.11. The van der Waals surface area contributed by atoms with Crippen LogP contribution in [-0.2, 0) is 9.59 Å². The van der Waals surface area contributed by atoms with Crippen molar-refractivity contribution in [2.75, 3.05) is 26.9 Å². The van der Waals surface area contributed by atoms with Crippen molar-refractivity contribution in [3.8, 4) is 11.5 Å². The monoisotopic (exact) mass is 425 g/mol. The number of hydrogen-bond acceptors (Lipinski definition) is 6. The smallest absolute Gasteiger partial charge is 0.295 e. The van der Waals surface area contributed by atoms with Gasteiger partial charge >= 0.3 is 0 Å². The summed E-state index contributed by atoms with van der Waals surface area (Å²) in [4.78, 5) is 27.0. The second-order valence-corrected chi connectivity index (χ2v) is 7.22. The Morgan fingerprint density at radius 2 is 1.68 bits per heavy atom. The summed E-state index contributed by atoms with van der Waals surface area (Å²) in [5.74, 6) is -0.388. The van der Waals surface area contributed by atoms with Gasteiger partial charge in [0.15, 0.2) is 0 Å². The average Bonchev–Trinajstić information content (AvgIpc) is 3.06. The lowest BCUT2D eigenvalue weighted by atomic mass is 9.95. The largest absolute Gasteiger partial charge is 0.507 e. The van der Waals surface area contributed by atoms with E-state index in [1.54, 1.807) is 55.6 Å². The van der Waals surface area contributed by atoms with Gasteiger partial charge in [0.1, 0.15) is 17.3 Å². The van der Waals surface area contributed by atoms with Crippen molar-refractivity contribution in [1.29, 1.82) is 0 Å². The quantitative estimate of drug-likeness (QED) is 0.364. The molecule has 7 heteroatoms. The Balaban J connectivity index is 2.04. The number of carbonyl (C=O) groups is 2. The summed E-state index contributed by atoms with van der Waals surface area (Å²) < 4.78 is 10.8. The highest BCUT2D eigenvalue weighted by Gasteiger charge is 2.45. The van der Waals surface area contributed by atoms with Gasteiger partial charge in [-0.2, -0.15) is 0 Å². The van der Waals surface area contributed by atoms with Crippen LogP contribution in [0.5, 0.6) is 11.5 Å². The number of nitrogens with zero attached hydrogens (tertiary/aromatic N) is 1. The van der Waals surface area contributed by atoms with Crippen LogP contribution in [0.2, 0.25) is 0 Å². The highest BCUT2D eigenvalue weighted by Crippen LogP contribution is 2.40. The molecule has 2 aromatic rings.